The Kier molecular flexibility index (Phi) is 12.5. The molecule has 0 aromatic heterocycles. The molecule has 1 saturated carbocycles. The number of guanidine groups is 1. The first-order chi connectivity index (χ1) is 9.71. The Hall–Kier alpha value is -0.0400. The highest BCUT2D eigenvalue weighted by atomic mass is 127. The smallest absolute Gasteiger partial charge is 0.193 e. The maximum atomic E-state index is 5.70. The Morgan fingerprint density at radius 1 is 1.29 bits per heavy atom. The molecule has 0 saturated heterocycles. The van der Waals surface area contributed by atoms with Crippen LogP contribution in [0.2, 0.25) is 0 Å². The molecule has 1 rings (SSSR count). The summed E-state index contributed by atoms with van der Waals surface area (Å²) in [5, 5.41) is 3.37. The van der Waals surface area contributed by atoms with Crippen LogP contribution in [0.5, 0.6) is 0 Å². The molecule has 126 valence electrons. The molecule has 1 N–H and O–H groups in total. The fraction of sp³-hybridized carbons (Fsp3) is 0.938. The van der Waals surface area contributed by atoms with Gasteiger partial charge in [-0.2, -0.15) is 0 Å². The Morgan fingerprint density at radius 3 is 2.48 bits per heavy atom. The van der Waals surface area contributed by atoms with Crippen LogP contribution in [0.1, 0.15) is 46.5 Å². The van der Waals surface area contributed by atoms with Crippen molar-refractivity contribution < 1.29 is 4.74 Å². The maximum absolute atomic E-state index is 5.70. The Morgan fingerprint density at radius 2 is 1.95 bits per heavy atom. The van der Waals surface area contributed by atoms with Gasteiger partial charge >= 0.3 is 0 Å². The fourth-order valence-corrected chi connectivity index (χ4v) is 2.07. The molecule has 0 aliphatic heterocycles. The molecule has 0 atom stereocenters. The number of nitrogens with one attached hydrogen (secondary N) is 1. The highest BCUT2D eigenvalue weighted by molar-refractivity contribution is 14.0. The Labute approximate surface area is 148 Å². The first kappa shape index (κ1) is 21.0. The summed E-state index contributed by atoms with van der Waals surface area (Å²) in [6.07, 6.45) is 5.12. The van der Waals surface area contributed by atoms with Gasteiger partial charge in [-0.15, -0.1) is 24.0 Å². The van der Waals surface area contributed by atoms with E-state index in [0.29, 0.717) is 5.92 Å². The molecule has 0 aromatic carbocycles. The van der Waals surface area contributed by atoms with Crippen molar-refractivity contribution in [2.45, 2.75) is 46.5 Å². The number of likely N-dealkylation sites (N-methyl/N-ethyl adjacent to an activating group) is 1. The van der Waals surface area contributed by atoms with Crippen LogP contribution in [0.3, 0.4) is 0 Å². The van der Waals surface area contributed by atoms with Crippen LogP contribution < -0.4 is 5.32 Å². The van der Waals surface area contributed by atoms with E-state index in [2.05, 4.69) is 38.0 Å². The van der Waals surface area contributed by atoms with Gasteiger partial charge in [0.1, 0.15) is 0 Å². The standard InChI is InChI=1S/C16H33N3O.HI/c1-5-14(6-2)12-18-16(17-7-3)19(4)10-11-20-13-15-8-9-15;/h14-15H,5-13H2,1-4H3,(H,17,18);1H. The number of nitrogens with zero attached hydrogens (tertiary/aromatic N) is 2. The van der Waals surface area contributed by atoms with Crippen LogP contribution in [0, 0.1) is 11.8 Å². The topological polar surface area (TPSA) is 36.9 Å². The van der Waals surface area contributed by atoms with Crippen molar-refractivity contribution >= 4 is 29.9 Å². The third-order valence-corrected chi connectivity index (χ3v) is 3.97. The predicted octanol–water partition coefficient (Wildman–Crippen LogP) is 3.36. The molecule has 0 bridgehead atoms. The molecular formula is C16H34IN3O. The number of rotatable bonds is 10. The molecular weight excluding hydrogens is 377 g/mol. The summed E-state index contributed by atoms with van der Waals surface area (Å²) in [6, 6.07) is 0. The number of aliphatic imine (C=N–C) groups is 1. The lowest BCUT2D eigenvalue weighted by Crippen LogP contribution is -2.41. The number of hydrogen-bond donors (Lipinski definition) is 1. The summed E-state index contributed by atoms with van der Waals surface area (Å²) < 4.78 is 5.70. The van der Waals surface area contributed by atoms with Crippen LogP contribution in [0.15, 0.2) is 4.99 Å². The maximum Gasteiger partial charge on any atom is 0.193 e. The van der Waals surface area contributed by atoms with Crippen molar-refractivity contribution in [3.8, 4) is 0 Å². The van der Waals surface area contributed by atoms with Crippen molar-refractivity contribution in [1.82, 2.24) is 10.2 Å². The molecule has 1 aliphatic carbocycles. The van der Waals surface area contributed by atoms with Gasteiger partial charge in [0.25, 0.3) is 0 Å². The molecule has 21 heavy (non-hydrogen) atoms. The van der Waals surface area contributed by atoms with E-state index in [4.69, 9.17) is 9.73 Å². The molecule has 0 amide bonds. The minimum atomic E-state index is 0. The van der Waals surface area contributed by atoms with E-state index in [0.717, 1.165) is 44.7 Å². The van der Waals surface area contributed by atoms with Gasteiger partial charge in [-0.1, -0.05) is 26.7 Å². The number of ether oxygens (including phenoxy) is 1. The number of hydrogen-bond acceptors (Lipinski definition) is 2. The zero-order valence-corrected chi connectivity index (χ0v) is 16.6. The van der Waals surface area contributed by atoms with E-state index in [9.17, 15) is 0 Å². The summed E-state index contributed by atoms with van der Waals surface area (Å²) in [7, 11) is 2.09. The van der Waals surface area contributed by atoms with Gasteiger partial charge < -0.3 is 15.0 Å². The highest BCUT2D eigenvalue weighted by Gasteiger charge is 2.21. The van der Waals surface area contributed by atoms with Crippen LogP contribution in [-0.4, -0.2) is 50.8 Å². The molecule has 0 heterocycles. The van der Waals surface area contributed by atoms with Crippen molar-refractivity contribution in [3.05, 3.63) is 0 Å². The van der Waals surface area contributed by atoms with Gasteiger partial charge in [-0.05, 0) is 31.6 Å². The lowest BCUT2D eigenvalue weighted by atomic mass is 10.0. The second-order valence-corrected chi connectivity index (χ2v) is 5.82. The number of halogens is 1. The molecule has 0 aromatic rings. The summed E-state index contributed by atoms with van der Waals surface area (Å²) >= 11 is 0. The third-order valence-electron chi connectivity index (χ3n) is 3.97. The van der Waals surface area contributed by atoms with Gasteiger partial charge in [0.05, 0.1) is 6.61 Å². The van der Waals surface area contributed by atoms with E-state index in [-0.39, 0.29) is 24.0 Å². The van der Waals surface area contributed by atoms with Crippen LogP contribution in [0.25, 0.3) is 0 Å². The van der Waals surface area contributed by atoms with Crippen molar-refractivity contribution in [2.24, 2.45) is 16.8 Å². The Bertz CT molecular complexity index is 279. The summed E-state index contributed by atoms with van der Waals surface area (Å²) in [4.78, 5) is 6.94. The van der Waals surface area contributed by atoms with Crippen molar-refractivity contribution in [2.75, 3.05) is 39.9 Å². The average Bonchev–Trinajstić information content (AvgIpc) is 3.27. The van der Waals surface area contributed by atoms with E-state index >= 15 is 0 Å². The van der Waals surface area contributed by atoms with E-state index in [1.54, 1.807) is 0 Å². The minimum Gasteiger partial charge on any atom is -0.379 e. The lowest BCUT2D eigenvalue weighted by molar-refractivity contribution is 0.115. The van der Waals surface area contributed by atoms with Crippen molar-refractivity contribution in [1.29, 1.82) is 0 Å². The fourth-order valence-electron chi connectivity index (χ4n) is 2.07. The van der Waals surface area contributed by atoms with Gasteiger partial charge in [0, 0.05) is 33.3 Å². The summed E-state index contributed by atoms with van der Waals surface area (Å²) in [5.74, 6) is 2.55. The summed E-state index contributed by atoms with van der Waals surface area (Å²) in [5.41, 5.74) is 0. The second-order valence-electron chi connectivity index (χ2n) is 5.82. The van der Waals surface area contributed by atoms with Crippen LogP contribution in [-0.2, 0) is 4.74 Å². The highest BCUT2D eigenvalue weighted by Crippen LogP contribution is 2.28. The minimum absolute atomic E-state index is 0. The largest absolute Gasteiger partial charge is 0.379 e. The molecule has 0 unspecified atom stereocenters. The van der Waals surface area contributed by atoms with Gasteiger partial charge in [-0.25, -0.2) is 0 Å². The van der Waals surface area contributed by atoms with Crippen LogP contribution in [0.4, 0.5) is 0 Å². The van der Waals surface area contributed by atoms with E-state index in [1.165, 1.54) is 25.7 Å². The molecule has 5 heteroatoms. The molecule has 1 aliphatic rings. The first-order valence-corrected chi connectivity index (χ1v) is 8.28. The van der Waals surface area contributed by atoms with Gasteiger partial charge in [0.15, 0.2) is 5.96 Å². The quantitative estimate of drug-likeness (QED) is 0.259. The molecule has 0 radical (unpaired) electrons. The predicted molar refractivity (Wildman–Crippen MR) is 102 cm³/mol. The average molecular weight is 411 g/mol. The van der Waals surface area contributed by atoms with Crippen molar-refractivity contribution in [3.63, 3.8) is 0 Å². The second kappa shape index (κ2) is 12.5. The van der Waals surface area contributed by atoms with Gasteiger partial charge in [0.2, 0.25) is 0 Å². The normalized spacial score (nSPS) is 15.0. The first-order valence-electron chi connectivity index (χ1n) is 8.28. The Balaban J connectivity index is 0.00000400. The monoisotopic (exact) mass is 411 g/mol. The molecule has 0 spiro atoms. The molecule has 1 fully saturated rings. The van der Waals surface area contributed by atoms with E-state index < -0.39 is 0 Å². The van der Waals surface area contributed by atoms with Gasteiger partial charge in [-0.3, -0.25) is 4.99 Å². The zero-order valence-electron chi connectivity index (χ0n) is 14.2. The third kappa shape index (κ3) is 9.55. The SMILES string of the molecule is CCNC(=NCC(CC)CC)N(C)CCOCC1CC1.I. The summed E-state index contributed by atoms with van der Waals surface area (Å²) in [6.45, 7) is 11.1. The van der Waals surface area contributed by atoms with Crippen LogP contribution >= 0.6 is 24.0 Å². The molecule has 4 nitrogen and oxygen atoms in total. The zero-order chi connectivity index (χ0) is 14.8. The lowest BCUT2D eigenvalue weighted by Gasteiger charge is -2.22. The van der Waals surface area contributed by atoms with E-state index in [1.807, 2.05) is 0 Å².